The lowest BCUT2D eigenvalue weighted by atomic mass is 9.89. The predicted octanol–water partition coefficient (Wildman–Crippen LogP) is 7.54. The SMILES string of the molecule is CCCCCCCCC=CC(C)CC(CC)CCCC. The Morgan fingerprint density at radius 3 is 2.10 bits per heavy atom. The zero-order chi connectivity index (χ0) is 15.1. The molecular formula is C20H40. The van der Waals surface area contributed by atoms with Gasteiger partial charge >= 0.3 is 0 Å². The molecule has 20 heavy (non-hydrogen) atoms. The van der Waals surface area contributed by atoms with E-state index in [4.69, 9.17) is 0 Å². The van der Waals surface area contributed by atoms with Gasteiger partial charge in [0.05, 0.1) is 0 Å². The minimum Gasteiger partial charge on any atom is -0.0883 e. The molecule has 0 saturated carbocycles. The third kappa shape index (κ3) is 12.8. The van der Waals surface area contributed by atoms with Crippen LogP contribution >= 0.6 is 0 Å². The fourth-order valence-corrected chi connectivity index (χ4v) is 2.96. The first-order valence-corrected chi connectivity index (χ1v) is 9.41. The van der Waals surface area contributed by atoms with E-state index in [1.54, 1.807) is 0 Å². The van der Waals surface area contributed by atoms with Crippen LogP contribution in [0.4, 0.5) is 0 Å². The molecule has 2 atom stereocenters. The average molecular weight is 281 g/mol. The summed E-state index contributed by atoms with van der Waals surface area (Å²) in [7, 11) is 0. The highest BCUT2D eigenvalue weighted by molar-refractivity contribution is 4.87. The Balaban J connectivity index is 3.57. The van der Waals surface area contributed by atoms with Crippen molar-refractivity contribution in [1.29, 1.82) is 0 Å². The summed E-state index contributed by atoms with van der Waals surface area (Å²) in [4.78, 5) is 0. The summed E-state index contributed by atoms with van der Waals surface area (Å²) in [6.45, 7) is 9.34. The Labute approximate surface area is 129 Å². The van der Waals surface area contributed by atoms with Crippen molar-refractivity contribution in [3.8, 4) is 0 Å². The second kappa shape index (κ2) is 15.1. The van der Waals surface area contributed by atoms with E-state index in [1.807, 2.05) is 0 Å². The van der Waals surface area contributed by atoms with Gasteiger partial charge in [0.1, 0.15) is 0 Å². The smallest absolute Gasteiger partial charge is 0.0259 e. The van der Waals surface area contributed by atoms with Gasteiger partial charge < -0.3 is 0 Å². The molecule has 0 bridgehead atoms. The molecule has 0 N–H and O–H groups in total. The van der Waals surface area contributed by atoms with Crippen molar-refractivity contribution in [3.05, 3.63) is 12.2 Å². The Morgan fingerprint density at radius 1 is 0.800 bits per heavy atom. The Hall–Kier alpha value is -0.260. The Kier molecular flexibility index (Phi) is 14.9. The predicted molar refractivity (Wildman–Crippen MR) is 94.2 cm³/mol. The van der Waals surface area contributed by atoms with Crippen LogP contribution in [-0.4, -0.2) is 0 Å². The number of rotatable bonds is 14. The zero-order valence-electron chi connectivity index (χ0n) is 14.8. The van der Waals surface area contributed by atoms with Gasteiger partial charge in [0.15, 0.2) is 0 Å². The van der Waals surface area contributed by atoms with E-state index in [0.29, 0.717) is 0 Å². The lowest BCUT2D eigenvalue weighted by Crippen LogP contribution is -2.04. The van der Waals surface area contributed by atoms with Crippen LogP contribution in [-0.2, 0) is 0 Å². The molecule has 0 fully saturated rings. The summed E-state index contributed by atoms with van der Waals surface area (Å²) in [5, 5.41) is 0. The number of allylic oxidation sites excluding steroid dienone is 2. The number of unbranched alkanes of at least 4 members (excludes halogenated alkanes) is 7. The topological polar surface area (TPSA) is 0 Å². The van der Waals surface area contributed by atoms with Gasteiger partial charge in [0, 0.05) is 0 Å². The molecule has 0 aromatic carbocycles. The van der Waals surface area contributed by atoms with E-state index in [0.717, 1.165) is 11.8 Å². The maximum absolute atomic E-state index is 2.47. The van der Waals surface area contributed by atoms with Crippen LogP contribution in [0.25, 0.3) is 0 Å². The number of hydrogen-bond acceptors (Lipinski definition) is 0. The molecule has 0 aromatic heterocycles. The molecule has 0 radical (unpaired) electrons. The van der Waals surface area contributed by atoms with Gasteiger partial charge in [-0.05, 0) is 31.1 Å². The minimum absolute atomic E-state index is 0.775. The highest BCUT2D eigenvalue weighted by Gasteiger charge is 2.08. The molecule has 0 heterocycles. The maximum atomic E-state index is 2.47. The first-order chi connectivity index (χ1) is 9.74. The molecular weight excluding hydrogens is 240 g/mol. The molecule has 120 valence electrons. The van der Waals surface area contributed by atoms with Crippen molar-refractivity contribution in [2.24, 2.45) is 11.8 Å². The van der Waals surface area contributed by atoms with Gasteiger partial charge in [-0.25, -0.2) is 0 Å². The molecule has 0 aliphatic heterocycles. The molecule has 0 aromatic rings. The first kappa shape index (κ1) is 19.7. The second-order valence-corrected chi connectivity index (χ2v) is 6.61. The van der Waals surface area contributed by atoms with Crippen LogP contribution in [0.15, 0.2) is 12.2 Å². The van der Waals surface area contributed by atoms with Crippen LogP contribution in [0, 0.1) is 11.8 Å². The van der Waals surface area contributed by atoms with E-state index >= 15 is 0 Å². The van der Waals surface area contributed by atoms with Gasteiger partial charge in [-0.15, -0.1) is 0 Å². The Morgan fingerprint density at radius 2 is 1.45 bits per heavy atom. The van der Waals surface area contributed by atoms with E-state index < -0.39 is 0 Å². The highest BCUT2D eigenvalue weighted by atomic mass is 14.1. The highest BCUT2D eigenvalue weighted by Crippen LogP contribution is 2.22. The normalized spacial score (nSPS) is 14.8. The molecule has 0 aliphatic carbocycles. The van der Waals surface area contributed by atoms with Crippen molar-refractivity contribution in [3.63, 3.8) is 0 Å². The first-order valence-electron chi connectivity index (χ1n) is 9.41. The lowest BCUT2D eigenvalue weighted by Gasteiger charge is -2.17. The van der Waals surface area contributed by atoms with Crippen molar-refractivity contribution >= 4 is 0 Å². The van der Waals surface area contributed by atoms with Crippen LogP contribution in [0.2, 0.25) is 0 Å². The molecule has 2 unspecified atom stereocenters. The van der Waals surface area contributed by atoms with E-state index in [9.17, 15) is 0 Å². The van der Waals surface area contributed by atoms with Crippen molar-refractivity contribution < 1.29 is 0 Å². The average Bonchev–Trinajstić information content (AvgIpc) is 2.46. The van der Waals surface area contributed by atoms with Crippen molar-refractivity contribution in [2.75, 3.05) is 0 Å². The molecule has 0 saturated heterocycles. The quantitative estimate of drug-likeness (QED) is 0.228. The maximum Gasteiger partial charge on any atom is -0.0259 e. The Bertz CT molecular complexity index is 204. The monoisotopic (exact) mass is 280 g/mol. The third-order valence-corrected chi connectivity index (χ3v) is 4.44. The van der Waals surface area contributed by atoms with Gasteiger partial charge in [-0.1, -0.05) is 97.6 Å². The van der Waals surface area contributed by atoms with Gasteiger partial charge in [0.25, 0.3) is 0 Å². The van der Waals surface area contributed by atoms with Crippen LogP contribution < -0.4 is 0 Å². The second-order valence-electron chi connectivity index (χ2n) is 6.61. The zero-order valence-corrected chi connectivity index (χ0v) is 14.8. The third-order valence-electron chi connectivity index (χ3n) is 4.44. The molecule has 0 amide bonds. The molecule has 0 heteroatoms. The van der Waals surface area contributed by atoms with Gasteiger partial charge in [-0.3, -0.25) is 0 Å². The van der Waals surface area contributed by atoms with Crippen LogP contribution in [0.3, 0.4) is 0 Å². The molecule has 0 nitrogen and oxygen atoms in total. The summed E-state index contributed by atoms with van der Waals surface area (Å²) < 4.78 is 0. The largest absolute Gasteiger partial charge is 0.0883 e. The summed E-state index contributed by atoms with van der Waals surface area (Å²) in [5.74, 6) is 1.72. The standard InChI is InChI=1S/C20H40/c1-5-8-10-11-12-13-14-15-16-19(4)18-20(7-3)17-9-6-2/h15-16,19-20H,5-14,17-18H2,1-4H3. The summed E-state index contributed by atoms with van der Waals surface area (Å²) in [5.41, 5.74) is 0. The fraction of sp³-hybridized carbons (Fsp3) is 0.900. The van der Waals surface area contributed by atoms with E-state index in [-0.39, 0.29) is 0 Å². The fourth-order valence-electron chi connectivity index (χ4n) is 2.96. The minimum atomic E-state index is 0.775. The summed E-state index contributed by atoms with van der Waals surface area (Å²) >= 11 is 0. The van der Waals surface area contributed by atoms with Gasteiger partial charge in [0.2, 0.25) is 0 Å². The summed E-state index contributed by atoms with van der Waals surface area (Å²) in [6, 6.07) is 0. The van der Waals surface area contributed by atoms with Crippen molar-refractivity contribution in [1.82, 2.24) is 0 Å². The summed E-state index contributed by atoms with van der Waals surface area (Å²) in [6.07, 6.45) is 21.6. The van der Waals surface area contributed by atoms with Crippen molar-refractivity contribution in [2.45, 2.75) is 105 Å². The molecule has 0 aliphatic rings. The van der Waals surface area contributed by atoms with Gasteiger partial charge in [-0.2, -0.15) is 0 Å². The molecule has 0 spiro atoms. The van der Waals surface area contributed by atoms with Crippen LogP contribution in [0.1, 0.15) is 105 Å². The van der Waals surface area contributed by atoms with E-state index in [1.165, 1.54) is 77.0 Å². The van der Waals surface area contributed by atoms with E-state index in [2.05, 4.69) is 39.8 Å². The van der Waals surface area contributed by atoms with Crippen LogP contribution in [0.5, 0.6) is 0 Å². The number of hydrogen-bond donors (Lipinski definition) is 0. The lowest BCUT2D eigenvalue weighted by molar-refractivity contribution is 0.383. The molecule has 0 rings (SSSR count).